The molecule has 7 nitrogen and oxygen atoms in total. The van der Waals surface area contributed by atoms with Crippen molar-refractivity contribution in [2.75, 3.05) is 19.8 Å². The van der Waals surface area contributed by atoms with Crippen molar-refractivity contribution >= 4 is 35.0 Å². The molecule has 1 aliphatic heterocycles. The molecule has 0 bridgehead atoms. The van der Waals surface area contributed by atoms with Gasteiger partial charge in [-0.3, -0.25) is 14.5 Å². The number of carbonyl (C=O) groups is 3. The molecule has 0 N–H and O–H groups in total. The summed E-state index contributed by atoms with van der Waals surface area (Å²) in [7, 11) is 0. The van der Waals surface area contributed by atoms with E-state index in [9.17, 15) is 14.4 Å². The number of aryl methyl sites for hydroxylation is 2. The molecule has 0 radical (unpaired) electrons. The lowest BCUT2D eigenvalue weighted by atomic mass is 10.1. The smallest absolute Gasteiger partial charge is 0.338 e. The number of carbonyl (C=O) groups excluding carboxylic acids is 3. The quantitative estimate of drug-likeness (QED) is 0.288. The predicted molar refractivity (Wildman–Crippen MR) is 134 cm³/mol. The fraction of sp³-hybridized carbons (Fsp3) is 0.222. The van der Waals surface area contributed by atoms with Crippen LogP contribution in [0.15, 0.2) is 63.9 Å². The number of rotatable bonds is 8. The summed E-state index contributed by atoms with van der Waals surface area (Å²) in [4.78, 5) is 38.7. The number of imide groups is 1. The Balaban J connectivity index is 1.42. The minimum atomic E-state index is -0.406. The number of ether oxygens (including phenoxy) is 2. The van der Waals surface area contributed by atoms with Crippen LogP contribution in [0.2, 0.25) is 0 Å². The van der Waals surface area contributed by atoms with Gasteiger partial charge in [0.2, 0.25) is 0 Å². The molecule has 35 heavy (non-hydrogen) atoms. The second-order valence-corrected chi connectivity index (χ2v) is 8.95. The molecule has 1 aromatic heterocycles. The van der Waals surface area contributed by atoms with Crippen LogP contribution < -0.4 is 4.74 Å². The van der Waals surface area contributed by atoms with E-state index in [2.05, 4.69) is 0 Å². The Bertz CT molecular complexity index is 1310. The zero-order chi connectivity index (χ0) is 24.9. The summed E-state index contributed by atoms with van der Waals surface area (Å²) in [6.45, 7) is 6.32. The predicted octanol–water partition coefficient (Wildman–Crippen LogP) is 5.86. The standard InChI is InChI=1S/C27H25NO6S/c1-4-32-26(30)20-7-5-6-19(15-20)22-11-10-21(34-22)16-24-25(29)28(27(31)35-24)12-13-33-23-14-17(2)8-9-18(23)3/h5-11,14-16H,4,12-13H2,1-3H3/b24-16-. The fourth-order valence-electron chi connectivity index (χ4n) is 3.53. The number of amides is 2. The average molecular weight is 492 g/mol. The summed E-state index contributed by atoms with van der Waals surface area (Å²) in [5.74, 6) is 0.910. The highest BCUT2D eigenvalue weighted by molar-refractivity contribution is 8.18. The topological polar surface area (TPSA) is 86.0 Å². The molecular formula is C27H25NO6S. The number of hydrogen-bond acceptors (Lipinski definition) is 7. The first-order valence-corrected chi connectivity index (χ1v) is 12.0. The van der Waals surface area contributed by atoms with Gasteiger partial charge < -0.3 is 13.9 Å². The molecule has 1 saturated heterocycles. The first kappa shape index (κ1) is 24.3. The minimum Gasteiger partial charge on any atom is -0.491 e. The van der Waals surface area contributed by atoms with Gasteiger partial charge >= 0.3 is 5.97 Å². The first-order chi connectivity index (χ1) is 16.9. The lowest BCUT2D eigenvalue weighted by Gasteiger charge is -2.14. The molecule has 0 unspecified atom stereocenters. The van der Waals surface area contributed by atoms with E-state index in [1.165, 1.54) is 4.90 Å². The summed E-state index contributed by atoms with van der Waals surface area (Å²) < 4.78 is 16.7. The van der Waals surface area contributed by atoms with Crippen molar-refractivity contribution in [2.45, 2.75) is 20.8 Å². The molecule has 4 rings (SSSR count). The van der Waals surface area contributed by atoms with Crippen LogP contribution in [0.1, 0.15) is 34.2 Å². The molecule has 0 saturated carbocycles. The zero-order valence-electron chi connectivity index (χ0n) is 19.7. The van der Waals surface area contributed by atoms with Crippen LogP contribution >= 0.6 is 11.8 Å². The number of hydrogen-bond donors (Lipinski definition) is 0. The summed E-state index contributed by atoms with van der Waals surface area (Å²) in [6, 6.07) is 16.3. The Morgan fingerprint density at radius 2 is 1.91 bits per heavy atom. The van der Waals surface area contributed by atoms with Crippen molar-refractivity contribution in [3.8, 4) is 17.1 Å². The normalized spacial score (nSPS) is 14.6. The number of furan rings is 1. The van der Waals surface area contributed by atoms with Crippen molar-refractivity contribution in [3.63, 3.8) is 0 Å². The van der Waals surface area contributed by atoms with Gasteiger partial charge in [-0.2, -0.15) is 0 Å². The fourth-order valence-corrected chi connectivity index (χ4v) is 4.38. The third kappa shape index (κ3) is 5.66. The van der Waals surface area contributed by atoms with Crippen LogP contribution in [0.4, 0.5) is 4.79 Å². The molecule has 180 valence electrons. The molecule has 8 heteroatoms. The van der Waals surface area contributed by atoms with E-state index >= 15 is 0 Å². The number of benzene rings is 2. The van der Waals surface area contributed by atoms with E-state index in [-0.39, 0.29) is 29.2 Å². The molecule has 2 aromatic carbocycles. The van der Waals surface area contributed by atoms with Gasteiger partial charge in [-0.25, -0.2) is 4.79 Å². The van der Waals surface area contributed by atoms with E-state index in [4.69, 9.17) is 13.9 Å². The van der Waals surface area contributed by atoms with Crippen molar-refractivity contribution in [2.24, 2.45) is 0 Å². The Hall–Kier alpha value is -3.78. The molecule has 3 aromatic rings. The van der Waals surface area contributed by atoms with Crippen molar-refractivity contribution in [1.82, 2.24) is 4.90 Å². The molecule has 0 spiro atoms. The van der Waals surface area contributed by atoms with E-state index in [0.29, 0.717) is 29.3 Å². The van der Waals surface area contributed by atoms with Crippen LogP contribution in [0.25, 0.3) is 17.4 Å². The van der Waals surface area contributed by atoms with Gasteiger partial charge in [-0.15, -0.1) is 0 Å². The van der Waals surface area contributed by atoms with Gasteiger partial charge in [0, 0.05) is 11.6 Å². The highest BCUT2D eigenvalue weighted by Gasteiger charge is 2.35. The van der Waals surface area contributed by atoms with Crippen LogP contribution in [0.5, 0.6) is 5.75 Å². The number of thioether (sulfide) groups is 1. The highest BCUT2D eigenvalue weighted by atomic mass is 32.2. The Morgan fingerprint density at radius 1 is 1.09 bits per heavy atom. The maximum absolute atomic E-state index is 12.8. The number of nitrogens with zero attached hydrogens (tertiary/aromatic N) is 1. The highest BCUT2D eigenvalue weighted by Crippen LogP contribution is 2.33. The van der Waals surface area contributed by atoms with E-state index in [1.54, 1.807) is 43.3 Å². The van der Waals surface area contributed by atoms with E-state index < -0.39 is 5.97 Å². The maximum Gasteiger partial charge on any atom is 0.338 e. The Kier molecular flexibility index (Phi) is 7.41. The van der Waals surface area contributed by atoms with Crippen LogP contribution in [-0.4, -0.2) is 41.8 Å². The van der Waals surface area contributed by atoms with Crippen LogP contribution in [0.3, 0.4) is 0 Å². The minimum absolute atomic E-state index is 0.152. The Morgan fingerprint density at radius 3 is 2.71 bits per heavy atom. The van der Waals surface area contributed by atoms with Crippen LogP contribution in [0, 0.1) is 13.8 Å². The molecule has 1 fully saturated rings. The van der Waals surface area contributed by atoms with Gasteiger partial charge in [0.05, 0.1) is 23.6 Å². The van der Waals surface area contributed by atoms with Crippen LogP contribution in [-0.2, 0) is 9.53 Å². The summed E-state index contributed by atoms with van der Waals surface area (Å²) >= 11 is 0.867. The van der Waals surface area contributed by atoms with E-state index in [1.807, 2.05) is 38.1 Å². The van der Waals surface area contributed by atoms with Gasteiger partial charge in [-0.05, 0) is 74.0 Å². The van der Waals surface area contributed by atoms with Crippen molar-refractivity contribution in [3.05, 3.63) is 82.0 Å². The molecule has 0 atom stereocenters. The van der Waals surface area contributed by atoms with E-state index in [0.717, 1.165) is 28.6 Å². The number of esters is 1. The van der Waals surface area contributed by atoms with Gasteiger partial charge in [-0.1, -0.05) is 24.3 Å². The van der Waals surface area contributed by atoms with Gasteiger partial charge in [0.25, 0.3) is 11.1 Å². The summed E-state index contributed by atoms with van der Waals surface area (Å²) in [5, 5.41) is -0.347. The monoisotopic (exact) mass is 491 g/mol. The molecular weight excluding hydrogens is 466 g/mol. The molecule has 1 aliphatic rings. The zero-order valence-corrected chi connectivity index (χ0v) is 20.5. The lowest BCUT2D eigenvalue weighted by molar-refractivity contribution is -0.123. The Labute approximate surface area is 207 Å². The summed E-state index contributed by atoms with van der Waals surface area (Å²) in [5.41, 5.74) is 3.19. The molecule has 2 heterocycles. The third-order valence-corrected chi connectivity index (χ3v) is 6.26. The SMILES string of the molecule is CCOC(=O)c1cccc(-c2ccc(/C=C3\SC(=O)N(CCOc4cc(C)ccc4C)C3=O)o2)c1. The third-order valence-electron chi connectivity index (χ3n) is 5.35. The molecule has 2 amide bonds. The van der Waals surface area contributed by atoms with Gasteiger partial charge in [0.15, 0.2) is 0 Å². The molecule has 0 aliphatic carbocycles. The lowest BCUT2D eigenvalue weighted by Crippen LogP contribution is -2.32. The first-order valence-electron chi connectivity index (χ1n) is 11.2. The largest absolute Gasteiger partial charge is 0.491 e. The maximum atomic E-state index is 12.8. The second kappa shape index (κ2) is 10.7. The second-order valence-electron chi connectivity index (χ2n) is 7.95. The van der Waals surface area contributed by atoms with Gasteiger partial charge in [0.1, 0.15) is 23.9 Å². The summed E-state index contributed by atoms with van der Waals surface area (Å²) in [6.07, 6.45) is 1.55. The van der Waals surface area contributed by atoms with Crippen molar-refractivity contribution < 1.29 is 28.3 Å². The van der Waals surface area contributed by atoms with Crippen molar-refractivity contribution in [1.29, 1.82) is 0 Å². The average Bonchev–Trinajstić information content (AvgIpc) is 3.41.